The van der Waals surface area contributed by atoms with Gasteiger partial charge in [-0.15, -0.1) is 12.8 Å². The lowest BCUT2D eigenvalue weighted by Gasteiger charge is -2.23. The van der Waals surface area contributed by atoms with E-state index >= 15 is 0 Å². The van der Waals surface area contributed by atoms with E-state index < -0.39 is 0 Å². The van der Waals surface area contributed by atoms with Gasteiger partial charge < -0.3 is 11.1 Å². The molecule has 3 rings (SSSR count). The number of amides is 1. The van der Waals surface area contributed by atoms with Gasteiger partial charge in [-0.05, 0) is 54.6 Å². The van der Waals surface area contributed by atoms with Crippen molar-refractivity contribution in [3.05, 3.63) is 59.7 Å². The Morgan fingerprint density at radius 3 is 2.28 bits per heavy atom. The number of rotatable bonds is 3. The van der Waals surface area contributed by atoms with E-state index in [-0.39, 0.29) is 5.91 Å². The molecule has 1 atom stereocenters. The number of nitrogens with one attached hydrogen (secondary N) is 1. The van der Waals surface area contributed by atoms with Crippen molar-refractivity contribution in [3.8, 4) is 30.0 Å². The summed E-state index contributed by atoms with van der Waals surface area (Å²) in [5, 5.41) is 12.5. The number of hydrogen-bond donors (Lipinski definition) is 2. The number of piperidine rings is 1. The molecule has 1 aliphatic rings. The predicted octanol–water partition coefficient (Wildman–Crippen LogP) is 4.68. The molecule has 0 unspecified atom stereocenters. The lowest BCUT2D eigenvalue weighted by atomic mass is 9.95. The Morgan fingerprint density at radius 1 is 1.14 bits per heavy atom. The molecule has 1 amide bonds. The molecule has 0 aromatic heterocycles. The van der Waals surface area contributed by atoms with E-state index in [4.69, 9.17) is 5.26 Å². The molecule has 2 aromatic carbocycles. The number of nitriles is 1. The predicted molar refractivity (Wildman–Crippen MR) is 122 cm³/mol. The smallest absolute Gasteiger partial charge is 0.214 e. The highest BCUT2D eigenvalue weighted by Gasteiger charge is 2.13. The summed E-state index contributed by atoms with van der Waals surface area (Å²) in [6, 6.07) is 19.3. The fourth-order valence-corrected chi connectivity index (χ4v) is 3.00. The quantitative estimate of drug-likeness (QED) is 0.746. The summed E-state index contributed by atoms with van der Waals surface area (Å²) >= 11 is 0. The zero-order valence-electron chi connectivity index (χ0n) is 17.8. The first-order valence-corrected chi connectivity index (χ1v) is 10.0. The third kappa shape index (κ3) is 10.7. The van der Waals surface area contributed by atoms with Crippen molar-refractivity contribution in [1.82, 2.24) is 5.32 Å². The van der Waals surface area contributed by atoms with Crippen molar-refractivity contribution >= 4 is 5.91 Å². The van der Waals surface area contributed by atoms with Gasteiger partial charge in [0.1, 0.15) is 0 Å². The monoisotopic (exact) mass is 391 g/mol. The second kappa shape index (κ2) is 15.9. The average molecular weight is 392 g/mol. The standard InChI is InChI=1S/C19H20N2.C2H5NO.C2H6.C2H2/c20-14-15-7-9-17(10-8-15)18-5-3-4-16(12-18)13-19-6-1-2-11-21-19;1-2(3)4;2*1-2/h3-5,7-10,12,19,21H,1-2,6,11,13H2;1H3,(H2,3,4);1-2H3;1-2H/t19-;;;/m0.../s1. The van der Waals surface area contributed by atoms with Crippen LogP contribution in [0.4, 0.5) is 0 Å². The van der Waals surface area contributed by atoms with Crippen molar-refractivity contribution < 1.29 is 4.79 Å². The lowest BCUT2D eigenvalue weighted by molar-refractivity contribution is -0.115. The molecule has 1 saturated heterocycles. The first kappa shape index (κ1) is 25.9. The van der Waals surface area contributed by atoms with Gasteiger partial charge in [-0.1, -0.05) is 56.7 Å². The number of carbonyl (C=O) groups is 1. The zero-order chi connectivity index (χ0) is 22.1. The van der Waals surface area contributed by atoms with Crippen molar-refractivity contribution in [3.63, 3.8) is 0 Å². The number of carbonyl (C=O) groups excluding carboxylic acids is 1. The lowest BCUT2D eigenvalue weighted by Crippen LogP contribution is -2.35. The SMILES string of the molecule is C#C.CC.CC(N)=O.N#Cc1ccc(-c2cccc(C[C@@H]3CCCCN3)c2)cc1. The van der Waals surface area contributed by atoms with Crippen LogP contribution in [0, 0.1) is 24.2 Å². The van der Waals surface area contributed by atoms with Gasteiger partial charge in [0.05, 0.1) is 11.6 Å². The molecule has 4 heteroatoms. The molecule has 1 fully saturated rings. The molecule has 2 aromatic rings. The van der Waals surface area contributed by atoms with Gasteiger partial charge in [-0.3, -0.25) is 4.79 Å². The highest BCUT2D eigenvalue weighted by atomic mass is 16.1. The van der Waals surface area contributed by atoms with Crippen molar-refractivity contribution in [2.24, 2.45) is 5.73 Å². The van der Waals surface area contributed by atoms with Crippen LogP contribution < -0.4 is 11.1 Å². The van der Waals surface area contributed by atoms with Gasteiger partial charge in [0, 0.05) is 13.0 Å². The number of benzene rings is 2. The first-order chi connectivity index (χ1) is 14.1. The Morgan fingerprint density at radius 2 is 1.76 bits per heavy atom. The van der Waals surface area contributed by atoms with Crippen molar-refractivity contribution in [1.29, 1.82) is 5.26 Å². The van der Waals surface area contributed by atoms with E-state index in [0.717, 1.165) is 13.0 Å². The largest absolute Gasteiger partial charge is 0.370 e. The fraction of sp³-hybridized carbons (Fsp3) is 0.360. The number of terminal acetylenes is 1. The maximum atomic E-state index is 9.22. The van der Waals surface area contributed by atoms with Crippen molar-refractivity contribution in [2.45, 2.75) is 52.5 Å². The Kier molecular flexibility index (Phi) is 14.2. The Labute approximate surface area is 176 Å². The summed E-state index contributed by atoms with van der Waals surface area (Å²) in [5.41, 5.74) is 8.97. The van der Waals surface area contributed by atoms with Crippen molar-refractivity contribution in [2.75, 3.05) is 6.54 Å². The minimum atomic E-state index is -0.333. The van der Waals surface area contributed by atoms with Crippen LogP contribution in [0.25, 0.3) is 11.1 Å². The minimum absolute atomic E-state index is 0.333. The molecule has 1 heterocycles. The highest BCUT2D eigenvalue weighted by molar-refractivity contribution is 5.70. The minimum Gasteiger partial charge on any atom is -0.370 e. The van der Waals surface area contributed by atoms with E-state index in [1.54, 1.807) is 0 Å². The number of primary amides is 1. The highest BCUT2D eigenvalue weighted by Crippen LogP contribution is 2.22. The Balaban J connectivity index is 0.000000859. The van der Waals surface area contributed by atoms with E-state index in [1.165, 1.54) is 42.9 Å². The van der Waals surface area contributed by atoms with Gasteiger partial charge in [-0.2, -0.15) is 5.26 Å². The molecule has 29 heavy (non-hydrogen) atoms. The molecule has 0 radical (unpaired) electrons. The molecule has 3 N–H and O–H groups in total. The number of nitrogens with two attached hydrogens (primary N) is 1. The molecule has 0 bridgehead atoms. The van der Waals surface area contributed by atoms with Crippen LogP contribution in [0.2, 0.25) is 0 Å². The van der Waals surface area contributed by atoms with E-state index in [1.807, 2.05) is 38.1 Å². The topological polar surface area (TPSA) is 78.9 Å². The maximum absolute atomic E-state index is 9.22. The summed E-state index contributed by atoms with van der Waals surface area (Å²) in [6.45, 7) is 6.46. The molecule has 4 nitrogen and oxygen atoms in total. The summed E-state index contributed by atoms with van der Waals surface area (Å²) < 4.78 is 0. The van der Waals surface area contributed by atoms with Gasteiger partial charge in [0.25, 0.3) is 0 Å². The zero-order valence-corrected chi connectivity index (χ0v) is 17.8. The van der Waals surface area contributed by atoms with Crippen LogP contribution in [0.3, 0.4) is 0 Å². The van der Waals surface area contributed by atoms with E-state index in [0.29, 0.717) is 11.6 Å². The average Bonchev–Trinajstić information content (AvgIpc) is 2.77. The Bertz CT molecular complexity index is 763. The van der Waals surface area contributed by atoms with Crippen LogP contribution in [0.15, 0.2) is 48.5 Å². The summed E-state index contributed by atoms with van der Waals surface area (Å²) in [5.74, 6) is -0.333. The van der Waals surface area contributed by atoms with Crippen LogP contribution in [0.5, 0.6) is 0 Å². The van der Waals surface area contributed by atoms with Gasteiger partial charge in [0.15, 0.2) is 0 Å². The molecule has 0 saturated carbocycles. The number of nitrogens with zero attached hydrogens (tertiary/aromatic N) is 1. The first-order valence-electron chi connectivity index (χ1n) is 10.0. The molecule has 1 aliphatic heterocycles. The number of hydrogen-bond acceptors (Lipinski definition) is 3. The second-order valence-corrected chi connectivity index (χ2v) is 6.35. The molecule has 0 spiro atoms. The summed E-state index contributed by atoms with van der Waals surface area (Å²) in [7, 11) is 0. The molecule has 154 valence electrons. The fourth-order valence-electron chi connectivity index (χ4n) is 3.00. The van der Waals surface area contributed by atoms with Gasteiger partial charge in [-0.25, -0.2) is 0 Å². The third-order valence-corrected chi connectivity index (χ3v) is 4.17. The van der Waals surface area contributed by atoms with Gasteiger partial charge in [0.2, 0.25) is 5.91 Å². The molecule has 0 aliphatic carbocycles. The molecular weight excluding hydrogens is 358 g/mol. The molecular formula is C25H33N3O. The van der Waals surface area contributed by atoms with Crippen LogP contribution in [0.1, 0.15) is 51.2 Å². The Hall–Kier alpha value is -3.08. The summed E-state index contributed by atoms with van der Waals surface area (Å²) in [6.07, 6.45) is 13.0. The van der Waals surface area contributed by atoms with E-state index in [2.05, 4.69) is 54.2 Å². The summed E-state index contributed by atoms with van der Waals surface area (Å²) in [4.78, 5) is 9.22. The third-order valence-electron chi connectivity index (χ3n) is 4.17. The van der Waals surface area contributed by atoms with Crippen LogP contribution in [-0.2, 0) is 11.2 Å². The second-order valence-electron chi connectivity index (χ2n) is 6.35. The van der Waals surface area contributed by atoms with Gasteiger partial charge >= 0.3 is 0 Å². The van der Waals surface area contributed by atoms with E-state index in [9.17, 15) is 4.79 Å². The normalized spacial score (nSPS) is 14.3. The maximum Gasteiger partial charge on any atom is 0.214 e. The van der Waals surface area contributed by atoms with Crippen LogP contribution >= 0.6 is 0 Å². The van der Waals surface area contributed by atoms with Crippen LogP contribution in [-0.4, -0.2) is 18.5 Å².